The van der Waals surface area contributed by atoms with E-state index in [0.29, 0.717) is 25.5 Å². The molecule has 1 saturated heterocycles. The molecule has 10 heteroatoms. The van der Waals surface area contributed by atoms with E-state index in [1.165, 1.54) is 0 Å². The van der Waals surface area contributed by atoms with Gasteiger partial charge < -0.3 is 15.0 Å². The fourth-order valence-corrected chi connectivity index (χ4v) is 4.88. The molecule has 0 radical (unpaired) electrons. The van der Waals surface area contributed by atoms with Crippen molar-refractivity contribution < 1.29 is 9.53 Å². The third kappa shape index (κ3) is 3.86. The second-order valence-corrected chi connectivity index (χ2v) is 9.57. The van der Waals surface area contributed by atoms with Crippen LogP contribution in [-0.4, -0.2) is 75.3 Å². The van der Waals surface area contributed by atoms with E-state index < -0.39 is 5.72 Å². The number of carbonyl (C=O) groups is 1. The molecule has 2 atom stereocenters. The maximum Gasteiger partial charge on any atom is 0.291 e. The summed E-state index contributed by atoms with van der Waals surface area (Å²) >= 11 is 3.63. The van der Waals surface area contributed by atoms with E-state index in [-0.39, 0.29) is 17.8 Å². The number of aromatic nitrogens is 4. The number of pyridine rings is 1. The van der Waals surface area contributed by atoms with Crippen LogP contribution in [0.1, 0.15) is 34.6 Å². The molecule has 2 aliphatic rings. The van der Waals surface area contributed by atoms with Crippen LogP contribution in [-0.2, 0) is 17.0 Å². The molecule has 5 rings (SSSR count). The molecule has 9 nitrogen and oxygen atoms in total. The molecule has 2 aromatic heterocycles. The van der Waals surface area contributed by atoms with Gasteiger partial charge in [0.25, 0.3) is 5.91 Å². The molecule has 0 bridgehead atoms. The van der Waals surface area contributed by atoms with Crippen molar-refractivity contribution in [3.05, 3.63) is 70.0 Å². The Morgan fingerprint density at radius 1 is 1.33 bits per heavy atom. The minimum absolute atomic E-state index is 0.0119. The van der Waals surface area contributed by atoms with Gasteiger partial charge in [-0.2, -0.15) is 0 Å². The topological polar surface area (TPSA) is 88.4 Å². The molecule has 1 fully saturated rings. The maximum absolute atomic E-state index is 12.7. The second kappa shape index (κ2) is 8.60. The standard InChI is InChI=1S/C23H26BrN7O2/c1-15-13-30-14-20-27-21(22(32)26-10-11-29(2)3)28-31(20)18-8-7-16(24)12-17(18)23(30,33-15)19-6-4-5-9-25-19/h4-9,12,15H,10-11,13-14H2,1-3H3,(H,26,32). The maximum atomic E-state index is 12.7. The van der Waals surface area contributed by atoms with Crippen molar-refractivity contribution in [1.29, 1.82) is 0 Å². The van der Waals surface area contributed by atoms with Crippen LogP contribution in [0.4, 0.5) is 0 Å². The van der Waals surface area contributed by atoms with E-state index in [9.17, 15) is 4.79 Å². The number of halogens is 1. The van der Waals surface area contributed by atoms with Gasteiger partial charge in [-0.15, -0.1) is 5.10 Å². The molecule has 1 N–H and O–H groups in total. The number of hydrogen-bond acceptors (Lipinski definition) is 7. The largest absolute Gasteiger partial charge is 0.348 e. The SMILES string of the molecule is CC1CN2Cc3nc(C(=O)NCCN(C)C)nn3-c3ccc(Br)cc3C2(c2ccccn2)O1. The van der Waals surface area contributed by atoms with E-state index in [1.54, 1.807) is 10.9 Å². The van der Waals surface area contributed by atoms with Crippen molar-refractivity contribution in [3.8, 4) is 5.69 Å². The molecule has 3 aromatic rings. The van der Waals surface area contributed by atoms with Gasteiger partial charge in [-0.1, -0.05) is 22.0 Å². The van der Waals surface area contributed by atoms with Crippen LogP contribution in [0.5, 0.6) is 0 Å². The molecule has 2 aliphatic heterocycles. The summed E-state index contributed by atoms with van der Waals surface area (Å²) in [6.45, 7) is 4.49. The van der Waals surface area contributed by atoms with E-state index >= 15 is 0 Å². The first-order valence-corrected chi connectivity index (χ1v) is 11.7. The number of nitrogens with zero attached hydrogens (tertiary/aromatic N) is 6. The number of nitrogens with one attached hydrogen (secondary N) is 1. The lowest BCUT2D eigenvalue weighted by Gasteiger charge is -2.36. The van der Waals surface area contributed by atoms with Crippen molar-refractivity contribution in [2.45, 2.75) is 25.3 Å². The number of carbonyl (C=O) groups excluding carboxylic acids is 1. The first-order chi connectivity index (χ1) is 15.9. The predicted molar refractivity (Wildman–Crippen MR) is 126 cm³/mol. The van der Waals surface area contributed by atoms with Crippen molar-refractivity contribution in [1.82, 2.24) is 34.9 Å². The zero-order valence-corrected chi connectivity index (χ0v) is 20.4. The molecule has 2 unspecified atom stereocenters. The Hall–Kier alpha value is -2.66. The predicted octanol–water partition coefficient (Wildman–Crippen LogP) is 2.15. The van der Waals surface area contributed by atoms with Crippen LogP contribution >= 0.6 is 15.9 Å². The van der Waals surface area contributed by atoms with Gasteiger partial charge in [0, 0.05) is 35.9 Å². The van der Waals surface area contributed by atoms with Gasteiger partial charge in [0.2, 0.25) is 5.82 Å². The van der Waals surface area contributed by atoms with Crippen LogP contribution in [0.15, 0.2) is 47.1 Å². The van der Waals surface area contributed by atoms with E-state index in [2.05, 4.69) is 48.1 Å². The minimum Gasteiger partial charge on any atom is -0.348 e. The summed E-state index contributed by atoms with van der Waals surface area (Å²) in [5, 5.41) is 7.51. The molecule has 0 saturated carbocycles. The molecule has 33 heavy (non-hydrogen) atoms. The molecule has 0 aliphatic carbocycles. The van der Waals surface area contributed by atoms with Gasteiger partial charge in [-0.25, -0.2) is 9.67 Å². The summed E-state index contributed by atoms with van der Waals surface area (Å²) in [4.78, 5) is 26.3. The first-order valence-electron chi connectivity index (χ1n) is 10.9. The summed E-state index contributed by atoms with van der Waals surface area (Å²) in [7, 11) is 3.93. The van der Waals surface area contributed by atoms with Crippen molar-refractivity contribution in [2.24, 2.45) is 0 Å². The fraction of sp³-hybridized carbons (Fsp3) is 0.391. The Bertz CT molecular complexity index is 1180. The molecule has 1 aromatic carbocycles. The smallest absolute Gasteiger partial charge is 0.291 e. The second-order valence-electron chi connectivity index (χ2n) is 8.65. The van der Waals surface area contributed by atoms with Crippen LogP contribution in [0.2, 0.25) is 0 Å². The van der Waals surface area contributed by atoms with E-state index in [1.807, 2.05) is 55.4 Å². The van der Waals surface area contributed by atoms with Crippen LogP contribution in [0.3, 0.4) is 0 Å². The Morgan fingerprint density at radius 2 is 2.18 bits per heavy atom. The molecule has 4 heterocycles. The van der Waals surface area contributed by atoms with Crippen molar-refractivity contribution >= 4 is 21.8 Å². The van der Waals surface area contributed by atoms with Gasteiger partial charge in [0.1, 0.15) is 5.82 Å². The summed E-state index contributed by atoms with van der Waals surface area (Å²) in [6, 6.07) is 11.8. The van der Waals surface area contributed by atoms with Gasteiger partial charge in [-0.05, 0) is 51.4 Å². The Labute approximate surface area is 200 Å². The zero-order chi connectivity index (χ0) is 23.2. The number of hydrogen-bond donors (Lipinski definition) is 1. The molecule has 0 spiro atoms. The summed E-state index contributed by atoms with van der Waals surface area (Å²) in [5.74, 6) is 0.570. The molecular formula is C23H26BrN7O2. The van der Waals surface area contributed by atoms with Crippen molar-refractivity contribution in [3.63, 3.8) is 0 Å². The number of amides is 1. The Kier molecular flexibility index (Phi) is 5.77. The number of fused-ring (bicyclic) bond motifs is 5. The highest BCUT2D eigenvalue weighted by Gasteiger charge is 2.53. The van der Waals surface area contributed by atoms with Crippen molar-refractivity contribution in [2.75, 3.05) is 33.7 Å². The van der Waals surface area contributed by atoms with E-state index in [4.69, 9.17) is 4.74 Å². The highest BCUT2D eigenvalue weighted by Crippen LogP contribution is 2.47. The summed E-state index contributed by atoms with van der Waals surface area (Å²) in [5.41, 5.74) is 1.65. The monoisotopic (exact) mass is 511 g/mol. The molecule has 1 amide bonds. The Balaban J connectivity index is 1.62. The lowest BCUT2D eigenvalue weighted by molar-refractivity contribution is -0.0790. The minimum atomic E-state index is -0.879. The molecule has 172 valence electrons. The van der Waals surface area contributed by atoms with Crippen LogP contribution in [0.25, 0.3) is 5.69 Å². The Morgan fingerprint density at radius 3 is 2.94 bits per heavy atom. The van der Waals surface area contributed by atoms with Gasteiger partial charge >= 0.3 is 0 Å². The van der Waals surface area contributed by atoms with Gasteiger partial charge in [0.15, 0.2) is 5.72 Å². The summed E-state index contributed by atoms with van der Waals surface area (Å²) in [6.07, 6.45) is 1.77. The van der Waals surface area contributed by atoms with Gasteiger partial charge in [-0.3, -0.25) is 14.7 Å². The summed E-state index contributed by atoms with van der Waals surface area (Å²) < 4.78 is 9.33. The number of likely N-dealkylation sites (N-methyl/N-ethyl adjacent to an activating group) is 1. The average Bonchev–Trinajstić information content (AvgIpc) is 3.33. The van der Waals surface area contributed by atoms with Crippen LogP contribution < -0.4 is 5.32 Å². The quantitative estimate of drug-likeness (QED) is 0.561. The zero-order valence-electron chi connectivity index (χ0n) is 18.8. The lowest BCUT2D eigenvalue weighted by Crippen LogP contribution is -2.43. The number of ether oxygens (including phenoxy) is 1. The lowest BCUT2D eigenvalue weighted by atomic mass is 9.95. The fourth-order valence-electron chi connectivity index (χ4n) is 4.52. The first kappa shape index (κ1) is 22.1. The highest BCUT2D eigenvalue weighted by atomic mass is 79.9. The highest BCUT2D eigenvalue weighted by molar-refractivity contribution is 9.10. The number of rotatable bonds is 5. The van der Waals surface area contributed by atoms with E-state index in [0.717, 1.165) is 28.0 Å². The third-order valence-electron chi connectivity index (χ3n) is 5.91. The molecular weight excluding hydrogens is 486 g/mol. The van der Waals surface area contributed by atoms with Gasteiger partial charge in [0.05, 0.1) is 24.0 Å². The third-order valence-corrected chi connectivity index (χ3v) is 6.41. The van der Waals surface area contributed by atoms with Crippen LogP contribution in [0, 0.1) is 0 Å². The number of benzene rings is 1. The average molecular weight is 512 g/mol. The normalized spacial score (nSPS) is 21.9.